The predicted octanol–water partition coefficient (Wildman–Crippen LogP) is 1.61. The van der Waals surface area contributed by atoms with Crippen molar-refractivity contribution in [1.82, 2.24) is 4.90 Å². The fourth-order valence-corrected chi connectivity index (χ4v) is 3.09. The van der Waals surface area contributed by atoms with Crippen LogP contribution in [0.4, 0.5) is 5.69 Å². The third-order valence-electron chi connectivity index (χ3n) is 4.66. The lowest BCUT2D eigenvalue weighted by atomic mass is 9.95. The van der Waals surface area contributed by atoms with Crippen molar-refractivity contribution in [2.75, 3.05) is 18.4 Å². The number of piperidine rings is 1. The molecular weight excluding hydrogens is 350 g/mol. The van der Waals surface area contributed by atoms with E-state index in [2.05, 4.69) is 5.32 Å². The van der Waals surface area contributed by atoms with Gasteiger partial charge in [-0.1, -0.05) is 12.1 Å². The van der Waals surface area contributed by atoms with E-state index >= 15 is 0 Å². The predicted molar refractivity (Wildman–Crippen MR) is 99.0 cm³/mol. The van der Waals surface area contributed by atoms with Gasteiger partial charge in [-0.05, 0) is 37.8 Å². The number of benzene rings is 1. The Hall–Kier alpha value is -2.90. The Balaban J connectivity index is 1.94. The van der Waals surface area contributed by atoms with Gasteiger partial charge in [-0.2, -0.15) is 0 Å². The number of primary amides is 1. The van der Waals surface area contributed by atoms with Crippen molar-refractivity contribution < 1.29 is 24.3 Å². The molecule has 0 atom stereocenters. The molecule has 8 nitrogen and oxygen atoms in total. The molecule has 27 heavy (non-hydrogen) atoms. The standard InChI is InChI=1S/C19H25N3O5/c20-18(26)13-9-11-22(12-10-13)19(27)14-5-1-2-6-15(14)21-16(23)7-3-4-8-17(24)25/h1-2,5-6,13H,3-4,7-12H2,(H2,20,26)(H,21,23)(H,24,25). The number of hydrogen-bond donors (Lipinski definition) is 3. The maximum absolute atomic E-state index is 12.8. The van der Waals surface area contributed by atoms with Crippen molar-refractivity contribution in [1.29, 1.82) is 0 Å². The number of anilines is 1. The molecule has 146 valence electrons. The number of carbonyl (C=O) groups excluding carboxylic acids is 3. The van der Waals surface area contributed by atoms with Gasteiger partial charge in [-0.3, -0.25) is 19.2 Å². The summed E-state index contributed by atoms with van der Waals surface area (Å²) in [6.07, 6.45) is 2.20. The minimum absolute atomic E-state index is 0.0314. The van der Waals surface area contributed by atoms with Gasteiger partial charge < -0.3 is 21.1 Å². The van der Waals surface area contributed by atoms with E-state index < -0.39 is 5.97 Å². The molecule has 0 unspecified atom stereocenters. The van der Waals surface area contributed by atoms with E-state index in [9.17, 15) is 19.2 Å². The minimum atomic E-state index is -0.883. The molecule has 1 heterocycles. The molecule has 8 heteroatoms. The molecule has 1 aliphatic rings. The van der Waals surface area contributed by atoms with Crippen LogP contribution in [-0.2, 0) is 14.4 Å². The fourth-order valence-electron chi connectivity index (χ4n) is 3.09. The Morgan fingerprint density at radius 2 is 1.70 bits per heavy atom. The first-order chi connectivity index (χ1) is 12.9. The number of para-hydroxylation sites is 1. The Morgan fingerprint density at radius 1 is 1.07 bits per heavy atom. The van der Waals surface area contributed by atoms with Crippen LogP contribution < -0.4 is 11.1 Å². The van der Waals surface area contributed by atoms with Gasteiger partial charge >= 0.3 is 5.97 Å². The SMILES string of the molecule is NC(=O)C1CCN(C(=O)c2ccccc2NC(=O)CCCCC(=O)O)CC1. The number of nitrogens with zero attached hydrogens (tertiary/aromatic N) is 1. The number of rotatable bonds is 8. The van der Waals surface area contributed by atoms with E-state index in [1.54, 1.807) is 29.2 Å². The molecule has 3 amide bonds. The van der Waals surface area contributed by atoms with Crippen LogP contribution in [-0.4, -0.2) is 46.8 Å². The average molecular weight is 375 g/mol. The third-order valence-corrected chi connectivity index (χ3v) is 4.66. The molecule has 1 aliphatic heterocycles. The number of amides is 3. The molecule has 0 saturated carbocycles. The second kappa shape index (κ2) is 9.70. The highest BCUT2D eigenvalue weighted by Crippen LogP contribution is 2.22. The largest absolute Gasteiger partial charge is 0.481 e. The Bertz CT molecular complexity index is 711. The highest BCUT2D eigenvalue weighted by Gasteiger charge is 2.27. The lowest BCUT2D eigenvalue weighted by molar-refractivity contribution is -0.137. The summed E-state index contributed by atoms with van der Waals surface area (Å²) in [5.41, 5.74) is 6.15. The maximum atomic E-state index is 12.8. The molecule has 0 spiro atoms. The van der Waals surface area contributed by atoms with Gasteiger partial charge in [0, 0.05) is 31.8 Å². The quantitative estimate of drug-likeness (QED) is 0.594. The summed E-state index contributed by atoms with van der Waals surface area (Å²) in [4.78, 5) is 48.3. The van der Waals surface area contributed by atoms with E-state index in [4.69, 9.17) is 10.8 Å². The van der Waals surface area contributed by atoms with Crippen molar-refractivity contribution in [3.8, 4) is 0 Å². The Labute approximate surface area is 157 Å². The van der Waals surface area contributed by atoms with Crippen molar-refractivity contribution in [3.63, 3.8) is 0 Å². The molecule has 2 rings (SSSR count). The number of carbonyl (C=O) groups is 4. The summed E-state index contributed by atoms with van der Waals surface area (Å²) in [6, 6.07) is 6.78. The molecular formula is C19H25N3O5. The lowest BCUT2D eigenvalue weighted by Gasteiger charge is -2.31. The molecule has 0 aromatic heterocycles. The summed E-state index contributed by atoms with van der Waals surface area (Å²) in [6.45, 7) is 0.897. The number of carboxylic acids is 1. The molecule has 0 aliphatic carbocycles. The zero-order chi connectivity index (χ0) is 19.8. The summed E-state index contributed by atoms with van der Waals surface area (Å²) in [7, 11) is 0. The molecule has 0 bridgehead atoms. The average Bonchev–Trinajstić information content (AvgIpc) is 2.65. The van der Waals surface area contributed by atoms with E-state index in [1.807, 2.05) is 0 Å². The molecule has 0 radical (unpaired) electrons. The second-order valence-corrected chi connectivity index (χ2v) is 6.66. The van der Waals surface area contributed by atoms with Gasteiger partial charge in [-0.25, -0.2) is 0 Å². The maximum Gasteiger partial charge on any atom is 0.303 e. The summed E-state index contributed by atoms with van der Waals surface area (Å²) in [5.74, 6) is -1.87. The number of nitrogens with one attached hydrogen (secondary N) is 1. The van der Waals surface area contributed by atoms with Crippen LogP contribution in [0.1, 0.15) is 48.9 Å². The smallest absolute Gasteiger partial charge is 0.303 e. The van der Waals surface area contributed by atoms with E-state index in [0.717, 1.165) is 0 Å². The zero-order valence-electron chi connectivity index (χ0n) is 15.1. The summed E-state index contributed by atoms with van der Waals surface area (Å²) in [5, 5.41) is 11.4. The van der Waals surface area contributed by atoms with Crippen LogP contribution in [0.25, 0.3) is 0 Å². The highest BCUT2D eigenvalue weighted by molar-refractivity contribution is 6.03. The number of likely N-dealkylation sites (tertiary alicyclic amines) is 1. The van der Waals surface area contributed by atoms with Crippen LogP contribution in [0, 0.1) is 5.92 Å². The van der Waals surface area contributed by atoms with Crippen molar-refractivity contribution in [3.05, 3.63) is 29.8 Å². The Morgan fingerprint density at radius 3 is 2.33 bits per heavy atom. The summed E-state index contributed by atoms with van der Waals surface area (Å²) < 4.78 is 0. The summed E-state index contributed by atoms with van der Waals surface area (Å²) >= 11 is 0. The Kier molecular flexibility index (Phi) is 7.34. The fraction of sp³-hybridized carbons (Fsp3) is 0.474. The zero-order valence-corrected chi connectivity index (χ0v) is 15.1. The molecule has 4 N–H and O–H groups in total. The number of unbranched alkanes of at least 4 members (excludes halogenated alkanes) is 1. The number of carboxylic acid groups (broad SMARTS) is 1. The number of nitrogens with two attached hydrogens (primary N) is 1. The molecule has 1 aromatic carbocycles. The van der Waals surface area contributed by atoms with Crippen LogP contribution in [0.3, 0.4) is 0 Å². The van der Waals surface area contributed by atoms with E-state index in [0.29, 0.717) is 50.0 Å². The normalized spacial score (nSPS) is 14.6. The first kappa shape index (κ1) is 20.4. The second-order valence-electron chi connectivity index (χ2n) is 6.66. The highest BCUT2D eigenvalue weighted by atomic mass is 16.4. The van der Waals surface area contributed by atoms with Gasteiger partial charge in [0.25, 0.3) is 5.91 Å². The molecule has 1 saturated heterocycles. The van der Waals surface area contributed by atoms with E-state index in [-0.39, 0.29) is 36.5 Å². The van der Waals surface area contributed by atoms with Crippen molar-refractivity contribution in [2.24, 2.45) is 11.7 Å². The van der Waals surface area contributed by atoms with Gasteiger partial charge in [-0.15, -0.1) is 0 Å². The monoisotopic (exact) mass is 375 g/mol. The van der Waals surface area contributed by atoms with Gasteiger partial charge in [0.1, 0.15) is 0 Å². The molecule has 1 aromatic rings. The van der Waals surface area contributed by atoms with Gasteiger partial charge in [0.05, 0.1) is 11.3 Å². The van der Waals surface area contributed by atoms with Crippen LogP contribution in [0.2, 0.25) is 0 Å². The van der Waals surface area contributed by atoms with Crippen molar-refractivity contribution in [2.45, 2.75) is 38.5 Å². The first-order valence-electron chi connectivity index (χ1n) is 9.07. The van der Waals surface area contributed by atoms with Crippen LogP contribution in [0.15, 0.2) is 24.3 Å². The lowest BCUT2D eigenvalue weighted by Crippen LogP contribution is -2.42. The number of aliphatic carboxylic acids is 1. The van der Waals surface area contributed by atoms with E-state index in [1.165, 1.54) is 0 Å². The number of hydrogen-bond acceptors (Lipinski definition) is 4. The first-order valence-corrected chi connectivity index (χ1v) is 9.07. The topological polar surface area (TPSA) is 130 Å². The third kappa shape index (κ3) is 6.09. The van der Waals surface area contributed by atoms with Crippen LogP contribution >= 0.6 is 0 Å². The van der Waals surface area contributed by atoms with Gasteiger partial charge in [0.2, 0.25) is 11.8 Å². The minimum Gasteiger partial charge on any atom is -0.481 e. The van der Waals surface area contributed by atoms with Crippen molar-refractivity contribution >= 4 is 29.4 Å². The van der Waals surface area contributed by atoms with Crippen LogP contribution in [0.5, 0.6) is 0 Å². The van der Waals surface area contributed by atoms with Gasteiger partial charge in [0.15, 0.2) is 0 Å². The molecule has 1 fully saturated rings.